The second-order valence-corrected chi connectivity index (χ2v) is 4.68. The zero-order chi connectivity index (χ0) is 16.9. The molecule has 0 radical (unpaired) electrons. The molecule has 0 spiro atoms. The van der Waals surface area contributed by atoms with Crippen molar-refractivity contribution in [2.75, 3.05) is 0 Å². The van der Waals surface area contributed by atoms with Crippen molar-refractivity contribution < 1.29 is 32.7 Å². The van der Waals surface area contributed by atoms with Gasteiger partial charge < -0.3 is 15.2 Å². The molecule has 5 nitrogen and oxygen atoms in total. The van der Waals surface area contributed by atoms with Crippen molar-refractivity contribution in [1.29, 1.82) is 0 Å². The Labute approximate surface area is 124 Å². The molecule has 0 fully saturated rings. The summed E-state index contributed by atoms with van der Waals surface area (Å²) in [6.45, 7) is 1.27. The van der Waals surface area contributed by atoms with E-state index in [1.54, 1.807) is 0 Å². The molecule has 1 rings (SSSR count). The summed E-state index contributed by atoms with van der Waals surface area (Å²) in [5, 5.41) is 11.1. The number of alkyl halides is 3. The smallest absolute Gasteiger partial charge is 0.416 e. The highest BCUT2D eigenvalue weighted by molar-refractivity contribution is 5.96. The molecule has 120 valence electrons. The molecule has 2 N–H and O–H groups in total. The molecular formula is C14H14F3NO4. The molecule has 1 aromatic carbocycles. The first-order valence-electron chi connectivity index (χ1n) is 6.31. The van der Waals surface area contributed by atoms with E-state index in [4.69, 9.17) is 5.11 Å². The molecule has 1 aromatic rings. The number of rotatable bonds is 6. The molecule has 0 aliphatic carbocycles. The van der Waals surface area contributed by atoms with Crippen LogP contribution in [0.25, 0.3) is 0 Å². The Morgan fingerprint density at radius 1 is 1.27 bits per heavy atom. The van der Waals surface area contributed by atoms with Gasteiger partial charge in [-0.05, 0) is 31.5 Å². The number of Topliss-reactive ketones (excluding diaryl/α,β-unsaturated/α-hetero) is 1. The lowest BCUT2D eigenvalue weighted by Crippen LogP contribution is -2.41. The van der Waals surface area contributed by atoms with Crippen molar-refractivity contribution in [2.24, 2.45) is 0 Å². The van der Waals surface area contributed by atoms with Crippen LogP contribution in [-0.4, -0.2) is 28.8 Å². The minimum absolute atomic E-state index is 0.0557. The molecule has 1 amide bonds. The van der Waals surface area contributed by atoms with Crippen molar-refractivity contribution >= 4 is 17.7 Å². The number of carboxylic acid groups (broad SMARTS) is 1. The minimum Gasteiger partial charge on any atom is -0.480 e. The van der Waals surface area contributed by atoms with Crippen molar-refractivity contribution in [3.63, 3.8) is 0 Å². The third-order valence-corrected chi connectivity index (χ3v) is 2.84. The minimum atomic E-state index is -4.60. The van der Waals surface area contributed by atoms with E-state index in [-0.39, 0.29) is 24.2 Å². The fourth-order valence-corrected chi connectivity index (χ4v) is 1.68. The first-order chi connectivity index (χ1) is 10.1. The second kappa shape index (κ2) is 7.06. The molecule has 0 unspecified atom stereocenters. The van der Waals surface area contributed by atoms with Crippen LogP contribution in [0.15, 0.2) is 24.3 Å². The molecule has 22 heavy (non-hydrogen) atoms. The van der Waals surface area contributed by atoms with E-state index in [1.165, 1.54) is 6.92 Å². The second-order valence-electron chi connectivity index (χ2n) is 4.68. The Hall–Kier alpha value is -2.38. The molecule has 0 heterocycles. The summed E-state index contributed by atoms with van der Waals surface area (Å²) >= 11 is 0. The molecule has 0 saturated heterocycles. The molecule has 0 aliphatic heterocycles. The summed E-state index contributed by atoms with van der Waals surface area (Å²) in [6.07, 6.45) is -4.79. The van der Waals surface area contributed by atoms with Gasteiger partial charge >= 0.3 is 12.1 Å². The number of carbonyl (C=O) groups excluding carboxylic acids is 2. The van der Waals surface area contributed by atoms with Gasteiger partial charge in [-0.3, -0.25) is 4.79 Å². The Morgan fingerprint density at radius 2 is 1.91 bits per heavy atom. The van der Waals surface area contributed by atoms with Gasteiger partial charge in [0.1, 0.15) is 11.8 Å². The largest absolute Gasteiger partial charge is 0.480 e. The van der Waals surface area contributed by atoms with E-state index in [2.05, 4.69) is 5.32 Å². The van der Waals surface area contributed by atoms with Crippen molar-refractivity contribution in [2.45, 2.75) is 32.0 Å². The number of aliphatic carboxylic acids is 1. The quantitative estimate of drug-likeness (QED) is 0.843. The Balaban J connectivity index is 2.86. The molecule has 0 saturated carbocycles. The van der Waals surface area contributed by atoms with Crippen molar-refractivity contribution in [3.8, 4) is 0 Å². The average molecular weight is 317 g/mol. The zero-order valence-electron chi connectivity index (χ0n) is 11.6. The molecule has 8 heteroatoms. The third-order valence-electron chi connectivity index (χ3n) is 2.84. The summed E-state index contributed by atoms with van der Waals surface area (Å²) in [4.78, 5) is 33.7. The number of halogens is 3. The maximum absolute atomic E-state index is 12.6. The van der Waals surface area contributed by atoms with Gasteiger partial charge in [0.15, 0.2) is 0 Å². The summed E-state index contributed by atoms with van der Waals surface area (Å²) < 4.78 is 37.7. The molecule has 0 aliphatic rings. The predicted octanol–water partition coefficient (Wildman–Crippen LogP) is 2.26. The average Bonchev–Trinajstić information content (AvgIpc) is 2.41. The number of amides is 1. The van der Waals surface area contributed by atoms with Crippen LogP contribution in [0.5, 0.6) is 0 Å². The number of hydrogen-bond donors (Lipinski definition) is 2. The summed E-state index contributed by atoms with van der Waals surface area (Å²) in [5.41, 5.74) is -1.31. The van der Waals surface area contributed by atoms with E-state index < -0.39 is 29.7 Å². The van der Waals surface area contributed by atoms with Gasteiger partial charge in [-0.2, -0.15) is 13.2 Å². The summed E-state index contributed by atoms with van der Waals surface area (Å²) in [6, 6.07) is 2.31. The Morgan fingerprint density at radius 3 is 2.41 bits per heavy atom. The van der Waals surface area contributed by atoms with E-state index in [9.17, 15) is 27.6 Å². The predicted molar refractivity (Wildman–Crippen MR) is 70.2 cm³/mol. The van der Waals surface area contributed by atoms with Gasteiger partial charge in [0, 0.05) is 12.0 Å². The van der Waals surface area contributed by atoms with E-state index in [1.807, 2.05) is 0 Å². The Bertz CT molecular complexity index is 584. The number of benzene rings is 1. The number of nitrogens with one attached hydrogen (secondary N) is 1. The van der Waals surface area contributed by atoms with Crippen LogP contribution >= 0.6 is 0 Å². The lowest BCUT2D eigenvalue weighted by molar-refractivity contribution is -0.140. The van der Waals surface area contributed by atoms with Gasteiger partial charge in [-0.25, -0.2) is 4.79 Å². The van der Waals surface area contributed by atoms with Gasteiger partial charge in [0.2, 0.25) is 0 Å². The van der Waals surface area contributed by atoms with E-state index in [0.29, 0.717) is 6.07 Å². The van der Waals surface area contributed by atoms with Gasteiger partial charge in [0.25, 0.3) is 5.91 Å². The molecule has 1 atom stereocenters. The SMILES string of the molecule is CC(=O)CC[C@H](NC(=O)c1cccc(C(F)(F)F)c1)C(=O)O. The number of ketones is 1. The van der Waals surface area contributed by atoms with Crippen LogP contribution in [-0.2, 0) is 15.8 Å². The third kappa shape index (κ3) is 5.19. The maximum atomic E-state index is 12.6. The summed E-state index contributed by atoms with van der Waals surface area (Å²) in [5.74, 6) is -2.55. The van der Waals surface area contributed by atoms with Gasteiger partial charge in [0.05, 0.1) is 5.56 Å². The van der Waals surface area contributed by atoms with E-state index >= 15 is 0 Å². The highest BCUT2D eigenvalue weighted by Crippen LogP contribution is 2.29. The van der Waals surface area contributed by atoms with Crippen LogP contribution < -0.4 is 5.32 Å². The van der Waals surface area contributed by atoms with Crippen molar-refractivity contribution in [1.82, 2.24) is 5.32 Å². The lowest BCUT2D eigenvalue weighted by atomic mass is 10.1. The monoisotopic (exact) mass is 317 g/mol. The number of hydrogen-bond acceptors (Lipinski definition) is 3. The van der Waals surface area contributed by atoms with Crippen LogP contribution in [0.3, 0.4) is 0 Å². The lowest BCUT2D eigenvalue weighted by Gasteiger charge is -2.14. The van der Waals surface area contributed by atoms with Crippen LogP contribution in [0, 0.1) is 0 Å². The first-order valence-corrected chi connectivity index (χ1v) is 6.31. The zero-order valence-corrected chi connectivity index (χ0v) is 11.6. The number of carboxylic acids is 1. The molecule has 0 bridgehead atoms. The Kier molecular flexibility index (Phi) is 5.67. The maximum Gasteiger partial charge on any atom is 0.416 e. The standard InChI is InChI=1S/C14H14F3NO4/c1-8(19)5-6-11(13(21)22)18-12(20)9-3-2-4-10(7-9)14(15,16)17/h2-4,7,11H,5-6H2,1H3,(H,18,20)(H,21,22)/t11-/m0/s1. The molecular weight excluding hydrogens is 303 g/mol. The van der Waals surface area contributed by atoms with Gasteiger partial charge in [-0.15, -0.1) is 0 Å². The molecule has 0 aromatic heterocycles. The first kappa shape index (κ1) is 17.7. The van der Waals surface area contributed by atoms with Crippen molar-refractivity contribution in [3.05, 3.63) is 35.4 Å². The topological polar surface area (TPSA) is 83.5 Å². The van der Waals surface area contributed by atoms with Crippen LogP contribution in [0.1, 0.15) is 35.7 Å². The van der Waals surface area contributed by atoms with Crippen LogP contribution in [0.4, 0.5) is 13.2 Å². The van der Waals surface area contributed by atoms with Gasteiger partial charge in [-0.1, -0.05) is 6.07 Å². The highest BCUT2D eigenvalue weighted by Gasteiger charge is 2.31. The van der Waals surface area contributed by atoms with E-state index in [0.717, 1.165) is 18.2 Å². The fourth-order valence-electron chi connectivity index (χ4n) is 1.68. The highest BCUT2D eigenvalue weighted by atomic mass is 19.4. The number of carbonyl (C=O) groups is 3. The summed E-state index contributed by atoms with van der Waals surface area (Å²) in [7, 11) is 0. The normalized spacial score (nSPS) is 12.5. The fraction of sp³-hybridized carbons (Fsp3) is 0.357. The van der Waals surface area contributed by atoms with Crippen LogP contribution in [0.2, 0.25) is 0 Å².